The van der Waals surface area contributed by atoms with Crippen LogP contribution in [-0.2, 0) is 22.4 Å². The molecule has 6 heteroatoms. The fraction of sp³-hybridized carbons (Fsp3) is 0.762. The zero-order valence-electron chi connectivity index (χ0n) is 17.1. The molecule has 1 aliphatic heterocycles. The Kier molecular flexibility index (Phi) is 6.24. The van der Waals surface area contributed by atoms with E-state index in [1.807, 2.05) is 25.7 Å². The molecule has 2 unspecified atom stereocenters. The number of piperidine rings is 1. The van der Waals surface area contributed by atoms with E-state index in [9.17, 15) is 9.59 Å². The van der Waals surface area contributed by atoms with Gasteiger partial charge in [-0.05, 0) is 38.0 Å². The van der Waals surface area contributed by atoms with Crippen molar-refractivity contribution in [3.63, 3.8) is 0 Å². The number of carbonyl (C=O) groups excluding carboxylic acids is 2. The summed E-state index contributed by atoms with van der Waals surface area (Å²) >= 11 is 1.65. The van der Waals surface area contributed by atoms with Crippen LogP contribution in [0.3, 0.4) is 0 Å². The fourth-order valence-corrected chi connectivity index (χ4v) is 5.33. The third kappa shape index (κ3) is 4.89. The minimum atomic E-state index is -0.401. The number of aromatic nitrogens is 1. The highest BCUT2D eigenvalue weighted by molar-refractivity contribution is 7.15. The van der Waals surface area contributed by atoms with Crippen LogP contribution in [-0.4, -0.2) is 34.8 Å². The summed E-state index contributed by atoms with van der Waals surface area (Å²) < 4.78 is 0. The van der Waals surface area contributed by atoms with Crippen molar-refractivity contribution >= 4 is 28.3 Å². The summed E-state index contributed by atoms with van der Waals surface area (Å²) in [5.41, 5.74) is 0.776. The van der Waals surface area contributed by atoms with E-state index in [2.05, 4.69) is 17.2 Å². The van der Waals surface area contributed by atoms with Crippen molar-refractivity contribution in [2.24, 2.45) is 17.3 Å². The molecule has 2 aliphatic rings. The van der Waals surface area contributed by atoms with Crippen LogP contribution in [0.4, 0.5) is 5.13 Å². The number of nitrogens with one attached hydrogen (secondary N) is 1. The molecule has 1 aromatic heterocycles. The lowest BCUT2D eigenvalue weighted by atomic mass is 9.88. The smallest absolute Gasteiger partial charge is 0.231 e. The first kappa shape index (κ1) is 20.3. The SMILES string of the molecule is CCCC1CCc2nc(NC(=O)C3CCCN(C(=O)C(C)(C)C)C3)sc2C1. The number of fused-ring (bicyclic) bond motifs is 1. The monoisotopic (exact) mass is 391 g/mol. The Labute approximate surface area is 166 Å². The van der Waals surface area contributed by atoms with E-state index in [0.717, 1.165) is 43.3 Å². The lowest BCUT2D eigenvalue weighted by Gasteiger charge is -2.35. The van der Waals surface area contributed by atoms with E-state index >= 15 is 0 Å². The molecule has 1 aliphatic carbocycles. The van der Waals surface area contributed by atoms with E-state index in [-0.39, 0.29) is 17.7 Å². The molecule has 2 heterocycles. The summed E-state index contributed by atoms with van der Waals surface area (Å²) in [6, 6.07) is 0. The average Bonchev–Trinajstić information content (AvgIpc) is 3.02. The van der Waals surface area contributed by atoms with E-state index in [1.54, 1.807) is 11.3 Å². The van der Waals surface area contributed by atoms with Crippen LogP contribution < -0.4 is 5.32 Å². The van der Waals surface area contributed by atoms with Crippen LogP contribution in [0.15, 0.2) is 0 Å². The van der Waals surface area contributed by atoms with Crippen LogP contribution in [0.5, 0.6) is 0 Å². The van der Waals surface area contributed by atoms with Crippen LogP contribution in [0.1, 0.15) is 70.4 Å². The molecule has 27 heavy (non-hydrogen) atoms. The summed E-state index contributed by atoms with van der Waals surface area (Å²) in [6.07, 6.45) is 7.57. The van der Waals surface area contributed by atoms with Gasteiger partial charge in [0.05, 0.1) is 11.6 Å². The number of amides is 2. The summed E-state index contributed by atoms with van der Waals surface area (Å²) in [6.45, 7) is 9.32. The number of likely N-dealkylation sites (tertiary alicyclic amines) is 1. The van der Waals surface area contributed by atoms with Crippen molar-refractivity contribution in [2.75, 3.05) is 18.4 Å². The Bertz CT molecular complexity index is 692. The Hall–Kier alpha value is -1.43. The molecule has 0 bridgehead atoms. The minimum Gasteiger partial charge on any atom is -0.341 e. The summed E-state index contributed by atoms with van der Waals surface area (Å²) in [4.78, 5) is 33.2. The number of rotatable bonds is 4. The number of carbonyl (C=O) groups is 2. The van der Waals surface area contributed by atoms with Crippen molar-refractivity contribution in [2.45, 2.75) is 72.6 Å². The molecule has 0 saturated carbocycles. The Morgan fingerprint density at radius 2 is 2.07 bits per heavy atom. The number of nitrogens with zero attached hydrogens (tertiary/aromatic N) is 2. The molecule has 1 saturated heterocycles. The second-order valence-electron chi connectivity index (χ2n) is 9.12. The fourth-order valence-electron chi connectivity index (χ4n) is 4.21. The normalized spacial score (nSPS) is 23.0. The van der Waals surface area contributed by atoms with E-state index in [0.29, 0.717) is 6.54 Å². The molecule has 0 aromatic carbocycles. The Morgan fingerprint density at radius 1 is 1.30 bits per heavy atom. The average molecular weight is 392 g/mol. The standard InChI is InChI=1S/C21H33N3O2S/c1-5-7-14-9-10-16-17(12-14)27-20(22-16)23-18(25)15-8-6-11-24(13-15)19(26)21(2,3)4/h14-15H,5-13H2,1-4H3,(H,22,23,25). The van der Waals surface area contributed by atoms with Gasteiger partial charge in [-0.1, -0.05) is 40.5 Å². The maximum atomic E-state index is 12.8. The maximum Gasteiger partial charge on any atom is 0.231 e. The van der Waals surface area contributed by atoms with Crippen molar-refractivity contribution in [3.05, 3.63) is 10.6 Å². The van der Waals surface area contributed by atoms with Crippen LogP contribution in [0, 0.1) is 17.3 Å². The van der Waals surface area contributed by atoms with Gasteiger partial charge in [0.15, 0.2) is 5.13 Å². The molecule has 1 fully saturated rings. The highest BCUT2D eigenvalue weighted by Crippen LogP contribution is 2.34. The second-order valence-corrected chi connectivity index (χ2v) is 10.2. The topological polar surface area (TPSA) is 62.3 Å². The molecule has 2 atom stereocenters. The predicted molar refractivity (Wildman–Crippen MR) is 110 cm³/mol. The minimum absolute atomic E-state index is 0.0117. The zero-order valence-corrected chi connectivity index (χ0v) is 18.0. The van der Waals surface area contributed by atoms with Crippen molar-refractivity contribution in [1.82, 2.24) is 9.88 Å². The van der Waals surface area contributed by atoms with Gasteiger partial charge in [0.1, 0.15) is 0 Å². The molecule has 150 valence electrons. The van der Waals surface area contributed by atoms with Crippen LogP contribution in [0.2, 0.25) is 0 Å². The lowest BCUT2D eigenvalue weighted by molar-refractivity contribution is -0.142. The van der Waals surface area contributed by atoms with Crippen molar-refractivity contribution < 1.29 is 9.59 Å². The summed E-state index contributed by atoms with van der Waals surface area (Å²) in [7, 11) is 0. The largest absolute Gasteiger partial charge is 0.341 e. The maximum absolute atomic E-state index is 12.8. The van der Waals surface area contributed by atoms with Crippen molar-refractivity contribution in [3.8, 4) is 0 Å². The molecule has 1 aromatic rings. The third-order valence-corrected chi connectivity index (χ3v) is 6.73. The number of hydrogen-bond acceptors (Lipinski definition) is 4. The van der Waals surface area contributed by atoms with Crippen molar-refractivity contribution in [1.29, 1.82) is 0 Å². The predicted octanol–water partition coefficient (Wildman–Crippen LogP) is 4.27. The molecule has 0 radical (unpaired) electrons. The van der Waals surface area contributed by atoms with Gasteiger partial charge < -0.3 is 10.2 Å². The van der Waals surface area contributed by atoms with Gasteiger partial charge in [-0.3, -0.25) is 9.59 Å². The highest BCUT2D eigenvalue weighted by atomic mass is 32.1. The number of anilines is 1. The van der Waals surface area contributed by atoms with Crippen LogP contribution in [0.25, 0.3) is 0 Å². The number of hydrogen-bond donors (Lipinski definition) is 1. The first-order valence-electron chi connectivity index (χ1n) is 10.4. The van der Waals surface area contributed by atoms with Gasteiger partial charge in [-0.15, -0.1) is 11.3 Å². The Morgan fingerprint density at radius 3 is 2.78 bits per heavy atom. The molecule has 2 amide bonds. The van der Waals surface area contributed by atoms with Gasteiger partial charge in [0, 0.05) is 23.4 Å². The second kappa shape index (κ2) is 8.29. The van der Waals surface area contributed by atoms with Crippen LogP contribution >= 0.6 is 11.3 Å². The molecular weight excluding hydrogens is 358 g/mol. The van der Waals surface area contributed by atoms with Gasteiger partial charge in [-0.25, -0.2) is 4.98 Å². The van der Waals surface area contributed by atoms with Gasteiger partial charge in [-0.2, -0.15) is 0 Å². The number of aryl methyl sites for hydroxylation is 1. The summed E-state index contributed by atoms with van der Waals surface area (Å²) in [5, 5.41) is 3.78. The molecule has 0 spiro atoms. The molecule has 5 nitrogen and oxygen atoms in total. The third-order valence-electron chi connectivity index (χ3n) is 5.69. The van der Waals surface area contributed by atoms with Gasteiger partial charge in [0.25, 0.3) is 0 Å². The first-order chi connectivity index (χ1) is 12.8. The Balaban J connectivity index is 1.60. The zero-order chi connectivity index (χ0) is 19.6. The molecule has 3 rings (SSSR count). The first-order valence-corrected chi connectivity index (χ1v) is 11.2. The van der Waals surface area contributed by atoms with E-state index < -0.39 is 5.41 Å². The highest BCUT2D eigenvalue weighted by Gasteiger charge is 2.34. The molecule has 1 N–H and O–H groups in total. The summed E-state index contributed by atoms with van der Waals surface area (Å²) in [5.74, 6) is 0.768. The van der Waals surface area contributed by atoms with Gasteiger partial charge in [0.2, 0.25) is 11.8 Å². The quantitative estimate of drug-likeness (QED) is 0.834. The lowest BCUT2D eigenvalue weighted by Crippen LogP contribution is -2.47. The van der Waals surface area contributed by atoms with Gasteiger partial charge >= 0.3 is 0 Å². The molecular formula is C21H33N3O2S. The van der Waals surface area contributed by atoms with E-state index in [1.165, 1.54) is 29.8 Å². The number of thiazole rings is 1. The van der Waals surface area contributed by atoms with E-state index in [4.69, 9.17) is 0 Å².